The molecule has 0 bridgehead atoms. The molecule has 0 saturated carbocycles. The van der Waals surface area contributed by atoms with Crippen molar-refractivity contribution in [2.45, 2.75) is 0 Å². The fourth-order valence-corrected chi connectivity index (χ4v) is 0.933. The highest BCUT2D eigenvalue weighted by Crippen LogP contribution is 2.10. The molecular formula is C9H11N3O2. The Morgan fingerprint density at radius 2 is 2.29 bits per heavy atom. The lowest BCUT2D eigenvalue weighted by Crippen LogP contribution is -2.14. The zero-order valence-electron chi connectivity index (χ0n) is 7.70. The lowest BCUT2D eigenvalue weighted by Gasteiger charge is -2.04. The van der Waals surface area contributed by atoms with Gasteiger partial charge in [0, 0.05) is 11.3 Å². The predicted octanol–water partition coefficient (Wildman–Crippen LogP) is 1.15. The number of amides is 1. The van der Waals surface area contributed by atoms with Gasteiger partial charge in [-0.2, -0.15) is 0 Å². The lowest BCUT2D eigenvalue weighted by atomic mass is 10.2. The number of rotatable bonds is 2. The van der Waals surface area contributed by atoms with E-state index in [-0.39, 0.29) is 5.84 Å². The van der Waals surface area contributed by atoms with E-state index in [1.807, 2.05) is 0 Å². The average Bonchev–Trinajstić information content (AvgIpc) is 2.18. The van der Waals surface area contributed by atoms with E-state index in [1.165, 1.54) is 7.11 Å². The van der Waals surface area contributed by atoms with Gasteiger partial charge in [0.2, 0.25) is 0 Å². The molecular weight excluding hydrogens is 182 g/mol. The van der Waals surface area contributed by atoms with Gasteiger partial charge in [-0.3, -0.25) is 10.7 Å². The molecule has 0 fully saturated rings. The first kappa shape index (κ1) is 10.0. The van der Waals surface area contributed by atoms with Crippen LogP contribution in [0.5, 0.6) is 0 Å². The van der Waals surface area contributed by atoms with Crippen LogP contribution in [-0.2, 0) is 4.74 Å². The van der Waals surface area contributed by atoms with Gasteiger partial charge in [0.15, 0.2) is 0 Å². The van der Waals surface area contributed by atoms with Crippen LogP contribution in [-0.4, -0.2) is 19.0 Å². The Balaban J connectivity index is 2.83. The van der Waals surface area contributed by atoms with Crippen LogP contribution < -0.4 is 11.1 Å². The molecule has 1 rings (SSSR count). The van der Waals surface area contributed by atoms with Crippen LogP contribution in [0.3, 0.4) is 0 Å². The molecule has 74 valence electrons. The van der Waals surface area contributed by atoms with E-state index in [2.05, 4.69) is 10.1 Å². The summed E-state index contributed by atoms with van der Waals surface area (Å²) in [5, 5.41) is 9.67. The van der Waals surface area contributed by atoms with Crippen molar-refractivity contribution in [2.75, 3.05) is 12.4 Å². The first-order valence-corrected chi connectivity index (χ1v) is 3.93. The Morgan fingerprint density at radius 1 is 1.57 bits per heavy atom. The van der Waals surface area contributed by atoms with Gasteiger partial charge in [0.25, 0.3) is 0 Å². The molecule has 0 aliphatic heterocycles. The average molecular weight is 193 g/mol. The second-order valence-corrected chi connectivity index (χ2v) is 2.61. The van der Waals surface area contributed by atoms with E-state index >= 15 is 0 Å². The SMILES string of the molecule is COC(=O)Nc1cccc(C(=N)N)c1. The number of hydrogen-bond acceptors (Lipinski definition) is 3. The molecule has 0 aliphatic rings. The van der Waals surface area contributed by atoms with E-state index in [9.17, 15) is 4.79 Å². The number of carbonyl (C=O) groups excluding carboxylic acids is 1. The molecule has 0 saturated heterocycles. The molecule has 1 amide bonds. The van der Waals surface area contributed by atoms with Crippen molar-refractivity contribution in [3.8, 4) is 0 Å². The van der Waals surface area contributed by atoms with Crippen LogP contribution in [0, 0.1) is 5.41 Å². The Kier molecular flexibility index (Phi) is 3.06. The number of benzene rings is 1. The van der Waals surface area contributed by atoms with Crippen molar-refractivity contribution in [3.63, 3.8) is 0 Å². The highest BCUT2D eigenvalue weighted by molar-refractivity contribution is 5.96. The summed E-state index contributed by atoms with van der Waals surface area (Å²) in [7, 11) is 1.28. The predicted molar refractivity (Wildman–Crippen MR) is 53.5 cm³/mol. The van der Waals surface area contributed by atoms with Crippen molar-refractivity contribution < 1.29 is 9.53 Å². The number of amidine groups is 1. The quantitative estimate of drug-likeness (QED) is 0.486. The number of anilines is 1. The minimum atomic E-state index is -0.550. The van der Waals surface area contributed by atoms with Crippen molar-refractivity contribution in [1.82, 2.24) is 0 Å². The molecule has 0 aliphatic carbocycles. The summed E-state index contributed by atoms with van der Waals surface area (Å²) >= 11 is 0. The summed E-state index contributed by atoms with van der Waals surface area (Å²) < 4.78 is 4.42. The lowest BCUT2D eigenvalue weighted by molar-refractivity contribution is 0.187. The van der Waals surface area contributed by atoms with Gasteiger partial charge in [-0.1, -0.05) is 12.1 Å². The molecule has 1 aromatic carbocycles. The number of ether oxygens (including phenoxy) is 1. The Morgan fingerprint density at radius 3 is 2.86 bits per heavy atom. The normalized spacial score (nSPS) is 9.21. The van der Waals surface area contributed by atoms with Crippen molar-refractivity contribution in [3.05, 3.63) is 29.8 Å². The Labute approximate surface area is 81.4 Å². The molecule has 0 spiro atoms. The third kappa shape index (κ3) is 2.48. The summed E-state index contributed by atoms with van der Waals surface area (Å²) in [6, 6.07) is 6.66. The third-order valence-corrected chi connectivity index (χ3v) is 1.61. The van der Waals surface area contributed by atoms with E-state index in [4.69, 9.17) is 11.1 Å². The number of nitrogens with two attached hydrogens (primary N) is 1. The third-order valence-electron chi connectivity index (χ3n) is 1.61. The number of nitrogens with one attached hydrogen (secondary N) is 2. The summed E-state index contributed by atoms with van der Waals surface area (Å²) in [5.41, 5.74) is 6.39. The maximum absolute atomic E-state index is 10.8. The molecule has 5 nitrogen and oxygen atoms in total. The summed E-state index contributed by atoms with van der Waals surface area (Å²) in [4.78, 5) is 10.8. The summed E-state index contributed by atoms with van der Waals surface area (Å²) in [6.45, 7) is 0. The van der Waals surface area contributed by atoms with Crippen molar-refractivity contribution >= 4 is 17.6 Å². The fraction of sp³-hybridized carbons (Fsp3) is 0.111. The first-order chi connectivity index (χ1) is 6.63. The second kappa shape index (κ2) is 4.27. The van der Waals surface area contributed by atoms with Gasteiger partial charge in [-0.15, -0.1) is 0 Å². The van der Waals surface area contributed by atoms with Crippen LogP contribution in [0.4, 0.5) is 10.5 Å². The van der Waals surface area contributed by atoms with Crippen molar-refractivity contribution in [1.29, 1.82) is 5.41 Å². The van der Waals surface area contributed by atoms with E-state index < -0.39 is 6.09 Å². The van der Waals surface area contributed by atoms with E-state index in [0.717, 1.165) is 0 Å². The Bertz CT molecular complexity index is 363. The first-order valence-electron chi connectivity index (χ1n) is 3.93. The minimum Gasteiger partial charge on any atom is -0.453 e. The number of nitrogen functional groups attached to an aromatic ring is 1. The van der Waals surface area contributed by atoms with E-state index in [1.54, 1.807) is 24.3 Å². The monoisotopic (exact) mass is 193 g/mol. The highest BCUT2D eigenvalue weighted by atomic mass is 16.5. The highest BCUT2D eigenvalue weighted by Gasteiger charge is 2.02. The molecule has 14 heavy (non-hydrogen) atoms. The fourth-order valence-electron chi connectivity index (χ4n) is 0.933. The molecule has 0 heterocycles. The van der Waals surface area contributed by atoms with Crippen LogP contribution in [0.25, 0.3) is 0 Å². The van der Waals surface area contributed by atoms with Crippen LogP contribution in [0.1, 0.15) is 5.56 Å². The van der Waals surface area contributed by atoms with Gasteiger partial charge in [0.05, 0.1) is 7.11 Å². The van der Waals surface area contributed by atoms with Gasteiger partial charge in [-0.05, 0) is 12.1 Å². The number of carbonyl (C=O) groups is 1. The van der Waals surface area contributed by atoms with Crippen LogP contribution >= 0.6 is 0 Å². The number of methoxy groups -OCH3 is 1. The minimum absolute atomic E-state index is 0.0430. The van der Waals surface area contributed by atoms with Gasteiger partial charge in [0.1, 0.15) is 5.84 Å². The van der Waals surface area contributed by atoms with Gasteiger partial charge < -0.3 is 10.5 Å². The molecule has 5 heteroatoms. The topological polar surface area (TPSA) is 88.2 Å². The molecule has 4 N–H and O–H groups in total. The van der Waals surface area contributed by atoms with Gasteiger partial charge >= 0.3 is 6.09 Å². The second-order valence-electron chi connectivity index (χ2n) is 2.61. The maximum atomic E-state index is 10.8. The smallest absolute Gasteiger partial charge is 0.411 e. The largest absolute Gasteiger partial charge is 0.453 e. The van der Waals surface area contributed by atoms with Crippen LogP contribution in [0.2, 0.25) is 0 Å². The molecule has 0 radical (unpaired) electrons. The number of hydrogen-bond donors (Lipinski definition) is 3. The standard InChI is InChI=1S/C9H11N3O2/c1-14-9(13)12-7-4-2-3-6(5-7)8(10)11/h2-5H,1H3,(H3,10,11)(H,12,13). The van der Waals surface area contributed by atoms with Crippen molar-refractivity contribution in [2.24, 2.45) is 5.73 Å². The van der Waals surface area contributed by atoms with Crippen LogP contribution in [0.15, 0.2) is 24.3 Å². The Hall–Kier alpha value is -2.04. The molecule has 0 unspecified atom stereocenters. The molecule has 0 aromatic heterocycles. The zero-order valence-corrected chi connectivity index (χ0v) is 7.70. The molecule has 1 aromatic rings. The maximum Gasteiger partial charge on any atom is 0.411 e. The zero-order chi connectivity index (χ0) is 10.6. The van der Waals surface area contributed by atoms with Gasteiger partial charge in [-0.25, -0.2) is 4.79 Å². The summed E-state index contributed by atoms with van der Waals surface area (Å²) in [6.07, 6.45) is -0.550. The molecule has 0 atom stereocenters. The van der Waals surface area contributed by atoms with E-state index in [0.29, 0.717) is 11.3 Å². The summed E-state index contributed by atoms with van der Waals surface area (Å²) in [5.74, 6) is -0.0430.